The molecular weight excluding hydrogens is 496 g/mol. The fraction of sp³-hybridized carbons (Fsp3) is 0.0625. The van der Waals surface area contributed by atoms with E-state index in [4.69, 9.17) is 15.2 Å². The molecule has 0 fully saturated rings. The molecule has 4 aromatic carbocycles. The molecule has 0 heterocycles. The van der Waals surface area contributed by atoms with Crippen molar-refractivity contribution < 1.29 is 34.4 Å². The van der Waals surface area contributed by atoms with Gasteiger partial charge in [0.15, 0.2) is 11.6 Å². The van der Waals surface area contributed by atoms with Crippen molar-refractivity contribution in [3.63, 3.8) is 0 Å². The summed E-state index contributed by atoms with van der Waals surface area (Å²) >= 11 is 0. The third kappa shape index (κ3) is 13.2. The summed E-state index contributed by atoms with van der Waals surface area (Å²) in [6.45, 7) is 3.72. The molecule has 2 N–H and O–H groups in total. The van der Waals surface area contributed by atoms with Gasteiger partial charge in [0, 0.05) is 16.7 Å². The van der Waals surface area contributed by atoms with Gasteiger partial charge in [0.1, 0.15) is 25.4 Å². The first-order chi connectivity index (χ1) is 18.9. The van der Waals surface area contributed by atoms with Gasteiger partial charge < -0.3 is 9.90 Å². The monoisotopic (exact) mass is 526 g/mol. The Bertz CT molecular complexity index is 1280. The standard InChI is InChI=1S/C16H14O3.C8H8O.C7H6O2.CH2O/c17-16(15-4-2-1-3-5-15)11-10-13-6-8-14(9-7-13)12-19-18;1-7(9)8-5-3-2-4-6-8;8-5-6-1-3-7(9)4-2-6;1-2/h1-11,18H,12H2;2-6H,1H3;1-5,9H;1H2/b11-10+;;;. The summed E-state index contributed by atoms with van der Waals surface area (Å²) in [5, 5.41) is 17.1. The number of benzene rings is 4. The van der Waals surface area contributed by atoms with Crippen LogP contribution in [0.3, 0.4) is 0 Å². The summed E-state index contributed by atoms with van der Waals surface area (Å²) in [6.07, 6.45) is 4.05. The maximum atomic E-state index is 11.8. The summed E-state index contributed by atoms with van der Waals surface area (Å²) in [5.74, 6) is 0.277. The largest absolute Gasteiger partial charge is 0.508 e. The second-order valence-corrected chi connectivity index (χ2v) is 7.71. The van der Waals surface area contributed by atoms with Gasteiger partial charge >= 0.3 is 0 Å². The van der Waals surface area contributed by atoms with Crippen LogP contribution in [-0.4, -0.2) is 35.0 Å². The van der Waals surface area contributed by atoms with Crippen LogP contribution in [0.4, 0.5) is 0 Å². The first kappa shape index (κ1) is 32.0. The van der Waals surface area contributed by atoms with Crippen LogP contribution in [0, 0.1) is 0 Å². The molecule has 200 valence electrons. The lowest BCUT2D eigenvalue weighted by Gasteiger charge is -1.99. The van der Waals surface area contributed by atoms with Crippen molar-refractivity contribution in [1.29, 1.82) is 0 Å². The van der Waals surface area contributed by atoms with Gasteiger partial charge in [0.2, 0.25) is 0 Å². The lowest BCUT2D eigenvalue weighted by molar-refractivity contribution is -0.253. The van der Waals surface area contributed by atoms with E-state index in [1.807, 2.05) is 79.6 Å². The Morgan fingerprint density at radius 1 is 0.744 bits per heavy atom. The van der Waals surface area contributed by atoms with E-state index >= 15 is 0 Å². The molecule has 4 rings (SSSR count). The molecule has 0 aliphatic heterocycles. The molecule has 0 spiro atoms. The molecule has 0 unspecified atom stereocenters. The van der Waals surface area contributed by atoms with E-state index in [0.29, 0.717) is 11.1 Å². The van der Waals surface area contributed by atoms with Crippen LogP contribution in [0.2, 0.25) is 0 Å². The normalized spacial score (nSPS) is 9.49. The molecule has 0 bridgehead atoms. The number of allylic oxidation sites excluding steroid dienone is 1. The Morgan fingerprint density at radius 2 is 1.23 bits per heavy atom. The smallest absolute Gasteiger partial charge is 0.185 e. The number of aldehydes is 1. The number of ketones is 2. The average molecular weight is 527 g/mol. The molecule has 0 atom stereocenters. The lowest BCUT2D eigenvalue weighted by Crippen LogP contribution is -1.92. The zero-order valence-corrected chi connectivity index (χ0v) is 21.5. The Labute approximate surface area is 227 Å². The minimum atomic E-state index is -0.0247. The van der Waals surface area contributed by atoms with Crippen molar-refractivity contribution in [3.05, 3.63) is 143 Å². The average Bonchev–Trinajstić information content (AvgIpc) is 3.00. The molecule has 0 aliphatic rings. The maximum absolute atomic E-state index is 11.8. The van der Waals surface area contributed by atoms with Crippen molar-refractivity contribution in [2.45, 2.75) is 13.5 Å². The molecule has 39 heavy (non-hydrogen) atoms. The lowest BCUT2D eigenvalue weighted by atomic mass is 10.1. The Kier molecular flexibility index (Phi) is 15.8. The van der Waals surface area contributed by atoms with Crippen LogP contribution in [0.15, 0.2) is 115 Å². The van der Waals surface area contributed by atoms with Crippen molar-refractivity contribution in [1.82, 2.24) is 0 Å². The number of carbonyl (C=O) groups excluding carboxylic acids is 4. The highest BCUT2D eigenvalue weighted by atomic mass is 17.1. The van der Waals surface area contributed by atoms with Crippen LogP contribution in [0.1, 0.15) is 49.1 Å². The number of carbonyl (C=O) groups is 4. The summed E-state index contributed by atoms with van der Waals surface area (Å²) in [6, 6.07) is 31.8. The predicted molar refractivity (Wildman–Crippen MR) is 151 cm³/mol. The first-order valence-electron chi connectivity index (χ1n) is 11.6. The Morgan fingerprint density at radius 3 is 1.67 bits per heavy atom. The van der Waals surface area contributed by atoms with Crippen LogP contribution in [0.5, 0.6) is 5.75 Å². The van der Waals surface area contributed by atoms with Crippen molar-refractivity contribution in [3.8, 4) is 5.75 Å². The molecule has 0 radical (unpaired) electrons. The second kappa shape index (κ2) is 19.2. The fourth-order valence-corrected chi connectivity index (χ4v) is 2.90. The Balaban J connectivity index is 0.000000317. The van der Waals surface area contributed by atoms with Gasteiger partial charge in [-0.25, -0.2) is 4.89 Å². The molecule has 0 saturated heterocycles. The quantitative estimate of drug-likeness (QED) is 0.0930. The predicted octanol–water partition coefficient (Wildman–Crippen LogP) is 6.48. The zero-order chi connectivity index (χ0) is 28.9. The SMILES string of the molecule is C=O.CC(=O)c1ccccc1.O=C(/C=C/c1ccc(COO)cc1)c1ccccc1.O=Cc1ccc(O)cc1. The summed E-state index contributed by atoms with van der Waals surface area (Å²) < 4.78 is 0. The number of hydrogen-bond acceptors (Lipinski definition) is 7. The summed E-state index contributed by atoms with van der Waals surface area (Å²) in [5.41, 5.74) is 3.81. The highest BCUT2D eigenvalue weighted by Crippen LogP contribution is 2.09. The maximum Gasteiger partial charge on any atom is 0.185 e. The summed E-state index contributed by atoms with van der Waals surface area (Å²) in [4.78, 5) is 44.6. The van der Waals surface area contributed by atoms with Gasteiger partial charge in [-0.3, -0.25) is 19.6 Å². The van der Waals surface area contributed by atoms with Gasteiger partial charge in [-0.15, -0.1) is 0 Å². The number of hydrogen-bond donors (Lipinski definition) is 2. The molecule has 0 aliphatic carbocycles. The van der Waals surface area contributed by atoms with Gasteiger partial charge in [-0.05, 0) is 48.4 Å². The van der Waals surface area contributed by atoms with Crippen LogP contribution >= 0.6 is 0 Å². The minimum Gasteiger partial charge on any atom is -0.508 e. The number of Topliss-reactive ketones (excluding diaryl/α,β-unsaturated/α-hetero) is 1. The van der Waals surface area contributed by atoms with Crippen LogP contribution in [0.25, 0.3) is 6.08 Å². The van der Waals surface area contributed by atoms with Crippen LogP contribution in [-0.2, 0) is 16.3 Å². The van der Waals surface area contributed by atoms with E-state index in [1.165, 1.54) is 12.1 Å². The fourth-order valence-electron chi connectivity index (χ4n) is 2.90. The van der Waals surface area contributed by atoms with Crippen LogP contribution < -0.4 is 0 Å². The minimum absolute atomic E-state index is 0.0247. The summed E-state index contributed by atoms with van der Waals surface area (Å²) in [7, 11) is 0. The highest BCUT2D eigenvalue weighted by Gasteiger charge is 1.99. The number of phenolic OH excluding ortho intramolecular Hbond substituents is 1. The van der Waals surface area contributed by atoms with E-state index in [9.17, 15) is 14.4 Å². The van der Waals surface area contributed by atoms with Gasteiger partial charge in [0.25, 0.3) is 0 Å². The molecular formula is C32H30O7. The third-order valence-electron chi connectivity index (χ3n) is 4.91. The van der Waals surface area contributed by atoms with E-state index in [1.54, 1.807) is 43.3 Å². The topological polar surface area (TPSA) is 118 Å². The molecule has 4 aromatic rings. The number of rotatable bonds is 7. The second-order valence-electron chi connectivity index (χ2n) is 7.71. The first-order valence-corrected chi connectivity index (χ1v) is 11.6. The number of aromatic hydroxyl groups is 1. The van der Waals surface area contributed by atoms with Gasteiger partial charge in [-0.1, -0.05) is 91.0 Å². The molecule has 0 amide bonds. The highest BCUT2D eigenvalue weighted by molar-refractivity contribution is 6.06. The molecule has 7 heteroatoms. The zero-order valence-electron chi connectivity index (χ0n) is 21.5. The third-order valence-corrected chi connectivity index (χ3v) is 4.91. The van der Waals surface area contributed by atoms with Crippen molar-refractivity contribution in [2.75, 3.05) is 0 Å². The van der Waals surface area contributed by atoms with E-state index in [0.717, 1.165) is 23.0 Å². The number of phenols is 1. The van der Waals surface area contributed by atoms with Gasteiger partial charge in [-0.2, -0.15) is 0 Å². The van der Waals surface area contributed by atoms with E-state index in [-0.39, 0.29) is 23.9 Å². The van der Waals surface area contributed by atoms with Crippen molar-refractivity contribution in [2.24, 2.45) is 0 Å². The van der Waals surface area contributed by atoms with E-state index in [2.05, 4.69) is 4.89 Å². The molecule has 7 nitrogen and oxygen atoms in total. The van der Waals surface area contributed by atoms with Gasteiger partial charge in [0.05, 0.1) is 0 Å². The van der Waals surface area contributed by atoms with Crippen molar-refractivity contribution >= 4 is 30.7 Å². The molecule has 0 saturated carbocycles. The molecule has 0 aromatic heterocycles. The van der Waals surface area contributed by atoms with E-state index < -0.39 is 0 Å². The Hall–Kier alpha value is -4.98.